The van der Waals surface area contributed by atoms with E-state index in [0.717, 1.165) is 6.07 Å². The van der Waals surface area contributed by atoms with E-state index in [9.17, 15) is 13.6 Å². The number of hydrogen-bond donors (Lipinski definition) is 0. The number of halogens is 2. The lowest BCUT2D eigenvalue weighted by Crippen LogP contribution is -1.94. The van der Waals surface area contributed by atoms with E-state index in [1.165, 1.54) is 13.0 Å². The molecule has 1 heterocycles. The number of aliphatic imine (C=N–C) groups is 1. The van der Waals surface area contributed by atoms with Gasteiger partial charge in [0.25, 0.3) is 12.4 Å². The van der Waals surface area contributed by atoms with Crippen LogP contribution in [0.4, 0.5) is 14.7 Å². The highest BCUT2D eigenvalue weighted by atomic mass is 19.3. The van der Waals surface area contributed by atoms with Crippen LogP contribution in [0.15, 0.2) is 11.1 Å². The van der Waals surface area contributed by atoms with Crippen molar-refractivity contribution in [2.75, 3.05) is 0 Å². The summed E-state index contributed by atoms with van der Waals surface area (Å²) in [6.07, 6.45) is -1.51. The molecule has 0 bridgehead atoms. The second kappa shape index (κ2) is 3.82. The van der Waals surface area contributed by atoms with Gasteiger partial charge >= 0.3 is 0 Å². The largest absolute Gasteiger partial charge is 0.280 e. The van der Waals surface area contributed by atoms with E-state index in [2.05, 4.69) is 15.0 Å². The Labute approximate surface area is 72.4 Å². The molecule has 68 valence electrons. The summed E-state index contributed by atoms with van der Waals surface area (Å²) in [5.41, 5.74) is -0.110. The third-order valence-electron chi connectivity index (χ3n) is 1.23. The molecule has 0 saturated carbocycles. The second-order valence-corrected chi connectivity index (χ2v) is 2.24. The number of hydrogen-bond acceptors (Lipinski definition) is 4. The van der Waals surface area contributed by atoms with Crippen LogP contribution in [-0.4, -0.2) is 16.0 Å². The van der Waals surface area contributed by atoms with Crippen LogP contribution < -0.4 is 0 Å². The maximum atomic E-state index is 12.1. The van der Waals surface area contributed by atoms with E-state index in [1.807, 2.05) is 0 Å². The molecule has 0 N–H and O–H groups in total. The van der Waals surface area contributed by atoms with Crippen LogP contribution in [0.2, 0.25) is 0 Å². The molecule has 0 spiro atoms. The highest BCUT2D eigenvalue weighted by molar-refractivity contribution is 5.41. The van der Waals surface area contributed by atoms with Crippen molar-refractivity contribution in [3.8, 4) is 0 Å². The van der Waals surface area contributed by atoms with Gasteiger partial charge in [0, 0.05) is 5.69 Å². The first-order valence-corrected chi connectivity index (χ1v) is 3.35. The number of carbonyl (C=O) groups excluding carboxylic acids is 1. The van der Waals surface area contributed by atoms with Gasteiger partial charge in [-0.2, -0.15) is 0 Å². The summed E-state index contributed by atoms with van der Waals surface area (Å²) in [6, 6.07) is 1.13. The molecule has 0 aliphatic rings. The monoisotopic (exact) mass is 185 g/mol. The van der Waals surface area contributed by atoms with Crippen LogP contribution in [0.5, 0.6) is 0 Å². The van der Waals surface area contributed by atoms with Crippen LogP contribution in [0, 0.1) is 6.92 Å². The van der Waals surface area contributed by atoms with Crippen LogP contribution in [0.3, 0.4) is 0 Å². The molecule has 0 unspecified atom stereocenters. The van der Waals surface area contributed by atoms with Gasteiger partial charge in [0.2, 0.25) is 6.08 Å². The molecule has 1 aromatic rings. The first-order chi connectivity index (χ1) is 6.13. The molecule has 1 rings (SSSR count). The first-order valence-electron chi connectivity index (χ1n) is 3.35. The molecule has 1 aromatic heterocycles. The molecule has 0 fully saturated rings. The van der Waals surface area contributed by atoms with E-state index in [-0.39, 0.29) is 5.95 Å². The van der Waals surface area contributed by atoms with Crippen LogP contribution in [0.1, 0.15) is 17.8 Å². The first kappa shape index (κ1) is 9.41. The Balaban J connectivity index is 3.18. The number of nitrogens with zero attached hydrogens (tertiary/aromatic N) is 3. The minimum absolute atomic E-state index is 0.287. The predicted octanol–water partition coefficient (Wildman–Crippen LogP) is 1.69. The maximum absolute atomic E-state index is 12.1. The summed E-state index contributed by atoms with van der Waals surface area (Å²) in [4.78, 5) is 19.8. The fourth-order valence-corrected chi connectivity index (χ4v) is 0.779. The molecular formula is C7H5F2N3O. The van der Waals surface area contributed by atoms with Gasteiger partial charge < -0.3 is 0 Å². The van der Waals surface area contributed by atoms with E-state index in [0.29, 0.717) is 5.69 Å². The summed E-state index contributed by atoms with van der Waals surface area (Å²) >= 11 is 0. The lowest BCUT2D eigenvalue weighted by molar-refractivity contribution is 0.146. The number of rotatable bonds is 2. The van der Waals surface area contributed by atoms with Crippen molar-refractivity contribution in [1.82, 2.24) is 9.97 Å². The smallest absolute Gasteiger partial charge is 0.216 e. The molecule has 13 heavy (non-hydrogen) atoms. The lowest BCUT2D eigenvalue weighted by atomic mass is 10.3. The molecule has 0 radical (unpaired) electrons. The highest BCUT2D eigenvalue weighted by Gasteiger charge is 2.10. The number of aromatic nitrogens is 2. The average molecular weight is 185 g/mol. The standard InChI is InChI=1S/C7H5F2N3O/c1-4-2-5(6(8)9)12-7(11-4)10-3-13/h2,6H,1H3. The van der Waals surface area contributed by atoms with Crippen molar-refractivity contribution in [1.29, 1.82) is 0 Å². The summed E-state index contributed by atoms with van der Waals surface area (Å²) < 4.78 is 24.3. The predicted molar refractivity (Wildman–Crippen MR) is 39.5 cm³/mol. The van der Waals surface area contributed by atoms with Crippen molar-refractivity contribution in [3.05, 3.63) is 17.5 Å². The molecule has 0 atom stereocenters. The van der Waals surface area contributed by atoms with Gasteiger partial charge in [-0.3, -0.25) is 0 Å². The average Bonchev–Trinajstić information content (AvgIpc) is 2.03. The molecular weight excluding hydrogens is 180 g/mol. The second-order valence-electron chi connectivity index (χ2n) is 2.24. The summed E-state index contributed by atoms with van der Waals surface area (Å²) in [6.45, 7) is 1.51. The minimum Gasteiger partial charge on any atom is -0.216 e. The fraction of sp³-hybridized carbons (Fsp3) is 0.286. The molecule has 6 heteroatoms. The summed E-state index contributed by atoms with van der Waals surface area (Å²) in [5, 5.41) is 0. The Kier molecular flexibility index (Phi) is 2.76. The normalized spacial score (nSPS) is 9.85. The van der Waals surface area contributed by atoms with Gasteiger partial charge in [0.05, 0.1) is 0 Å². The molecule has 4 nitrogen and oxygen atoms in total. The lowest BCUT2D eigenvalue weighted by Gasteiger charge is -1.99. The molecule has 0 aliphatic heterocycles. The third kappa shape index (κ3) is 2.38. The van der Waals surface area contributed by atoms with E-state index < -0.39 is 12.1 Å². The van der Waals surface area contributed by atoms with Crippen molar-refractivity contribution in [2.24, 2.45) is 4.99 Å². The zero-order chi connectivity index (χ0) is 9.84. The van der Waals surface area contributed by atoms with E-state index in [4.69, 9.17) is 0 Å². The SMILES string of the molecule is Cc1cc(C(F)F)nc(N=C=O)n1. The van der Waals surface area contributed by atoms with Crippen molar-refractivity contribution < 1.29 is 13.6 Å². The quantitative estimate of drug-likeness (QED) is 0.520. The number of aryl methyl sites for hydroxylation is 1. The zero-order valence-electron chi connectivity index (χ0n) is 6.66. The van der Waals surface area contributed by atoms with E-state index in [1.54, 1.807) is 0 Å². The van der Waals surface area contributed by atoms with Gasteiger partial charge in [-0.1, -0.05) is 0 Å². The fourth-order valence-electron chi connectivity index (χ4n) is 0.779. The van der Waals surface area contributed by atoms with E-state index >= 15 is 0 Å². The summed E-state index contributed by atoms with van der Waals surface area (Å²) in [7, 11) is 0. The minimum atomic E-state index is -2.69. The zero-order valence-corrected chi connectivity index (χ0v) is 6.66. The third-order valence-corrected chi connectivity index (χ3v) is 1.23. The molecule has 0 amide bonds. The molecule has 0 aromatic carbocycles. The Bertz CT molecular complexity index is 361. The van der Waals surface area contributed by atoms with Crippen LogP contribution >= 0.6 is 0 Å². The van der Waals surface area contributed by atoms with Gasteiger partial charge in [-0.25, -0.2) is 23.5 Å². The number of alkyl halides is 2. The maximum Gasteiger partial charge on any atom is 0.280 e. The summed E-state index contributed by atoms with van der Waals surface area (Å²) in [5.74, 6) is -0.287. The van der Waals surface area contributed by atoms with Crippen molar-refractivity contribution in [2.45, 2.75) is 13.3 Å². The Morgan fingerprint density at radius 2 is 2.23 bits per heavy atom. The molecule has 0 aliphatic carbocycles. The Morgan fingerprint density at radius 3 is 2.77 bits per heavy atom. The molecule has 0 saturated heterocycles. The van der Waals surface area contributed by atoms with Crippen molar-refractivity contribution >= 4 is 12.0 Å². The van der Waals surface area contributed by atoms with Crippen LogP contribution in [-0.2, 0) is 4.79 Å². The van der Waals surface area contributed by atoms with Gasteiger partial charge in [-0.05, 0) is 13.0 Å². The Morgan fingerprint density at radius 1 is 1.54 bits per heavy atom. The topological polar surface area (TPSA) is 55.2 Å². The highest BCUT2D eigenvalue weighted by Crippen LogP contribution is 2.18. The Hall–Kier alpha value is -1.68. The number of isocyanates is 1. The van der Waals surface area contributed by atoms with Crippen LogP contribution in [0.25, 0.3) is 0 Å². The van der Waals surface area contributed by atoms with Gasteiger partial charge in [-0.15, -0.1) is 4.99 Å². The van der Waals surface area contributed by atoms with Gasteiger partial charge in [0.1, 0.15) is 5.69 Å². The van der Waals surface area contributed by atoms with Crippen molar-refractivity contribution in [3.63, 3.8) is 0 Å². The van der Waals surface area contributed by atoms with Gasteiger partial charge in [0.15, 0.2) is 0 Å².